The summed E-state index contributed by atoms with van der Waals surface area (Å²) in [4.78, 5) is 19.1. The molecule has 0 atom stereocenters. The highest BCUT2D eigenvalue weighted by Crippen LogP contribution is 2.24. The van der Waals surface area contributed by atoms with Crippen LogP contribution < -0.4 is 5.32 Å². The zero-order valence-corrected chi connectivity index (χ0v) is 13.0. The van der Waals surface area contributed by atoms with Crippen LogP contribution in [-0.2, 0) is 6.42 Å². The van der Waals surface area contributed by atoms with E-state index < -0.39 is 4.92 Å². The van der Waals surface area contributed by atoms with Gasteiger partial charge in [-0.05, 0) is 6.07 Å². The van der Waals surface area contributed by atoms with E-state index in [0.717, 1.165) is 16.3 Å². The van der Waals surface area contributed by atoms with E-state index in [-0.39, 0.29) is 11.5 Å². The molecule has 0 unspecified atom stereocenters. The summed E-state index contributed by atoms with van der Waals surface area (Å²) in [5.74, 6) is 0.288. The maximum atomic E-state index is 10.9. The Balaban J connectivity index is 1.62. The van der Waals surface area contributed by atoms with Crippen molar-refractivity contribution in [3.8, 4) is 10.6 Å². The molecule has 1 aromatic carbocycles. The second-order valence-corrected chi connectivity index (χ2v) is 5.67. The van der Waals surface area contributed by atoms with E-state index in [9.17, 15) is 10.1 Å². The average molecular weight is 326 g/mol. The summed E-state index contributed by atoms with van der Waals surface area (Å²) in [6.07, 6.45) is 2.21. The first kappa shape index (κ1) is 15.1. The summed E-state index contributed by atoms with van der Waals surface area (Å²) in [7, 11) is 0. The second kappa shape index (κ2) is 6.97. The number of pyridine rings is 1. The zero-order valence-electron chi connectivity index (χ0n) is 12.2. The van der Waals surface area contributed by atoms with Crippen molar-refractivity contribution in [3.63, 3.8) is 0 Å². The van der Waals surface area contributed by atoms with Crippen molar-refractivity contribution in [2.24, 2.45) is 0 Å². The molecule has 3 aromatic rings. The van der Waals surface area contributed by atoms with Crippen LogP contribution in [0.3, 0.4) is 0 Å². The van der Waals surface area contributed by atoms with Gasteiger partial charge in [0.25, 0.3) is 0 Å². The molecule has 116 valence electrons. The van der Waals surface area contributed by atoms with Gasteiger partial charge in [-0.3, -0.25) is 10.1 Å². The molecule has 1 N–H and O–H groups in total. The van der Waals surface area contributed by atoms with E-state index in [2.05, 4.69) is 15.3 Å². The molecule has 0 fully saturated rings. The van der Waals surface area contributed by atoms with Gasteiger partial charge in [-0.15, -0.1) is 11.3 Å². The van der Waals surface area contributed by atoms with E-state index in [1.54, 1.807) is 17.4 Å². The van der Waals surface area contributed by atoms with E-state index >= 15 is 0 Å². The molecule has 2 aromatic heterocycles. The Morgan fingerprint density at radius 1 is 1.17 bits per heavy atom. The van der Waals surface area contributed by atoms with Gasteiger partial charge in [0.1, 0.15) is 5.01 Å². The maximum Gasteiger partial charge on any atom is 0.311 e. The van der Waals surface area contributed by atoms with Crippen molar-refractivity contribution >= 4 is 22.8 Å². The van der Waals surface area contributed by atoms with Crippen LogP contribution in [0.25, 0.3) is 10.6 Å². The van der Waals surface area contributed by atoms with Crippen molar-refractivity contribution < 1.29 is 4.92 Å². The number of nitro groups is 1. The lowest BCUT2D eigenvalue weighted by atomic mass is 10.2. The topological polar surface area (TPSA) is 81.0 Å². The maximum absolute atomic E-state index is 10.9. The van der Waals surface area contributed by atoms with Crippen molar-refractivity contribution in [1.29, 1.82) is 0 Å². The number of aromatic nitrogens is 2. The second-order valence-electron chi connectivity index (χ2n) is 4.82. The minimum Gasteiger partial charge on any atom is -0.364 e. The number of nitrogens with one attached hydrogen (secondary N) is 1. The fourth-order valence-electron chi connectivity index (χ4n) is 2.12. The lowest BCUT2D eigenvalue weighted by Crippen LogP contribution is -2.08. The molecule has 0 spiro atoms. The fourth-order valence-corrected chi connectivity index (χ4v) is 2.98. The van der Waals surface area contributed by atoms with Gasteiger partial charge < -0.3 is 5.32 Å². The van der Waals surface area contributed by atoms with E-state index in [4.69, 9.17) is 0 Å². The van der Waals surface area contributed by atoms with Gasteiger partial charge in [-0.2, -0.15) is 0 Å². The van der Waals surface area contributed by atoms with Crippen LogP contribution in [0.2, 0.25) is 0 Å². The van der Waals surface area contributed by atoms with Crippen LogP contribution in [0.5, 0.6) is 0 Å². The zero-order chi connectivity index (χ0) is 16.1. The summed E-state index contributed by atoms with van der Waals surface area (Å²) < 4.78 is 0. The third-order valence-electron chi connectivity index (χ3n) is 3.23. The number of benzene rings is 1. The Morgan fingerprint density at radius 2 is 2.00 bits per heavy atom. The predicted octanol–water partition coefficient (Wildman–Crippen LogP) is 3.77. The summed E-state index contributed by atoms with van der Waals surface area (Å²) in [5, 5.41) is 16.9. The minimum atomic E-state index is -0.439. The van der Waals surface area contributed by atoms with Crippen molar-refractivity contribution in [1.82, 2.24) is 9.97 Å². The third kappa shape index (κ3) is 3.70. The van der Waals surface area contributed by atoms with Gasteiger partial charge in [-0.1, -0.05) is 30.3 Å². The molecule has 2 heterocycles. The van der Waals surface area contributed by atoms with E-state index in [1.807, 2.05) is 35.7 Å². The van der Waals surface area contributed by atoms with Crippen LogP contribution in [-0.4, -0.2) is 21.4 Å². The first-order valence-corrected chi connectivity index (χ1v) is 7.95. The number of hydrogen-bond acceptors (Lipinski definition) is 6. The van der Waals surface area contributed by atoms with Gasteiger partial charge in [0, 0.05) is 36.2 Å². The number of rotatable bonds is 6. The predicted molar refractivity (Wildman–Crippen MR) is 90.6 cm³/mol. The molecule has 0 amide bonds. The van der Waals surface area contributed by atoms with Gasteiger partial charge in [-0.25, -0.2) is 9.97 Å². The molecule has 0 aliphatic carbocycles. The summed E-state index contributed by atoms with van der Waals surface area (Å²) in [5.41, 5.74) is 2.03. The molecule has 0 bridgehead atoms. The lowest BCUT2D eigenvalue weighted by molar-refractivity contribution is -0.384. The molecule has 6 nitrogen and oxygen atoms in total. The minimum absolute atomic E-state index is 0.0178. The smallest absolute Gasteiger partial charge is 0.311 e. The Kier molecular flexibility index (Phi) is 4.58. The Labute approximate surface area is 137 Å². The molecule has 3 rings (SSSR count). The van der Waals surface area contributed by atoms with Crippen LogP contribution in [0.15, 0.2) is 54.0 Å². The highest BCUT2D eigenvalue weighted by atomic mass is 32.1. The number of anilines is 1. The normalized spacial score (nSPS) is 10.4. The Morgan fingerprint density at radius 3 is 2.78 bits per heavy atom. The highest BCUT2D eigenvalue weighted by molar-refractivity contribution is 7.13. The van der Waals surface area contributed by atoms with Crippen LogP contribution >= 0.6 is 11.3 Å². The molecule has 0 radical (unpaired) electrons. The van der Waals surface area contributed by atoms with Crippen LogP contribution in [0.1, 0.15) is 5.69 Å². The standard InChI is InChI=1S/C16H14N4O2S/c21-20(22)14-7-4-9-17-15(14)18-10-8-13-11-23-16(19-13)12-5-2-1-3-6-12/h1-7,9,11H,8,10H2,(H,17,18). The first-order chi connectivity index (χ1) is 11.2. The summed E-state index contributed by atoms with van der Waals surface area (Å²) in [6.45, 7) is 0.538. The Hall–Kier alpha value is -2.80. The van der Waals surface area contributed by atoms with Gasteiger partial charge in [0.05, 0.1) is 10.6 Å². The summed E-state index contributed by atoms with van der Waals surface area (Å²) in [6, 6.07) is 13.0. The molecule has 7 heteroatoms. The Bertz CT molecular complexity index is 805. The van der Waals surface area contributed by atoms with Crippen molar-refractivity contribution in [3.05, 3.63) is 69.8 Å². The molecule has 0 saturated carbocycles. The third-order valence-corrected chi connectivity index (χ3v) is 4.17. The van der Waals surface area contributed by atoms with Crippen LogP contribution in [0, 0.1) is 10.1 Å². The monoisotopic (exact) mass is 326 g/mol. The number of nitrogens with zero attached hydrogens (tertiary/aromatic N) is 3. The summed E-state index contributed by atoms with van der Waals surface area (Å²) >= 11 is 1.59. The number of hydrogen-bond donors (Lipinski definition) is 1. The molecule has 23 heavy (non-hydrogen) atoms. The van der Waals surface area contributed by atoms with Gasteiger partial charge in [0.15, 0.2) is 0 Å². The first-order valence-electron chi connectivity index (χ1n) is 7.07. The van der Waals surface area contributed by atoms with E-state index in [1.165, 1.54) is 12.3 Å². The van der Waals surface area contributed by atoms with Gasteiger partial charge >= 0.3 is 5.69 Å². The van der Waals surface area contributed by atoms with Crippen molar-refractivity contribution in [2.45, 2.75) is 6.42 Å². The molecule has 0 aliphatic rings. The SMILES string of the molecule is O=[N+]([O-])c1cccnc1NCCc1csc(-c2ccccc2)n1. The average Bonchev–Trinajstić information content (AvgIpc) is 3.05. The van der Waals surface area contributed by atoms with E-state index in [0.29, 0.717) is 13.0 Å². The molecule has 0 saturated heterocycles. The van der Waals surface area contributed by atoms with Gasteiger partial charge in [0.2, 0.25) is 5.82 Å². The molecule has 0 aliphatic heterocycles. The lowest BCUT2D eigenvalue weighted by Gasteiger charge is -2.04. The molecular weight excluding hydrogens is 312 g/mol. The quantitative estimate of drug-likeness (QED) is 0.551. The largest absolute Gasteiger partial charge is 0.364 e. The van der Waals surface area contributed by atoms with Crippen LogP contribution in [0.4, 0.5) is 11.5 Å². The fraction of sp³-hybridized carbons (Fsp3) is 0.125. The number of thiazole rings is 1. The van der Waals surface area contributed by atoms with Crippen molar-refractivity contribution in [2.75, 3.05) is 11.9 Å². The highest BCUT2D eigenvalue weighted by Gasteiger charge is 2.13. The molecular formula is C16H14N4O2S.